The first-order chi connectivity index (χ1) is 3.81. The summed E-state index contributed by atoms with van der Waals surface area (Å²) >= 11 is 5.79. The Morgan fingerprint density at radius 1 is 1.75 bits per heavy atom. The molecule has 0 saturated carbocycles. The van der Waals surface area contributed by atoms with Gasteiger partial charge in [0, 0.05) is 0 Å². The van der Waals surface area contributed by atoms with Crippen molar-refractivity contribution in [2.45, 2.75) is 24.5 Å². The summed E-state index contributed by atoms with van der Waals surface area (Å²) in [5, 5.41) is 3.34. The Kier molecular flexibility index (Phi) is 5.93. The average molecular weight is 152 g/mol. The molecule has 0 bridgehead atoms. The maximum Gasteiger partial charge on any atom is 0.0653 e. The fourth-order valence-electron chi connectivity index (χ4n) is 0.528. The van der Waals surface area contributed by atoms with E-state index in [0.717, 1.165) is 0 Å². The molecule has 0 fully saturated rings. The van der Waals surface area contributed by atoms with Crippen LogP contribution in [0, 0.1) is 0 Å². The van der Waals surface area contributed by atoms with Crippen LogP contribution < -0.4 is 5.32 Å². The molecule has 1 nitrogen and oxygen atoms in total. The highest BCUT2D eigenvalue weighted by Gasteiger charge is 1.97. The van der Waals surface area contributed by atoms with Gasteiger partial charge in [0.15, 0.2) is 0 Å². The minimum atomic E-state index is -0.0100. The first kappa shape index (κ1) is 8.47. The summed E-state index contributed by atoms with van der Waals surface area (Å²) in [6.45, 7) is 2.20. The van der Waals surface area contributed by atoms with Gasteiger partial charge in [-0.2, -0.15) is 0 Å². The quantitative estimate of drug-likeness (QED) is 0.355. The van der Waals surface area contributed by atoms with Gasteiger partial charge in [0.25, 0.3) is 0 Å². The van der Waals surface area contributed by atoms with E-state index in [-0.39, 0.29) is 9.52 Å². The summed E-state index contributed by atoms with van der Waals surface area (Å²) in [6.07, 6.45) is 1.29. The summed E-state index contributed by atoms with van der Waals surface area (Å²) in [6, 6.07) is 1.36. The van der Waals surface area contributed by atoms with Crippen molar-refractivity contribution in [3.05, 3.63) is 0 Å². The summed E-state index contributed by atoms with van der Waals surface area (Å²) in [5.74, 6) is 0. The molecule has 0 heterocycles. The van der Waals surface area contributed by atoms with Crippen molar-refractivity contribution in [3.63, 3.8) is 0 Å². The van der Waals surface area contributed by atoms with Gasteiger partial charge in [0.1, 0.15) is 0 Å². The molecule has 0 aliphatic carbocycles. The minimum Gasteiger partial charge on any atom is -0.308 e. The topological polar surface area (TPSA) is 12.0 Å². The van der Waals surface area contributed by atoms with Crippen molar-refractivity contribution >= 4 is 21.1 Å². The zero-order chi connectivity index (χ0) is 6.41. The molecular formula is C5H14ClNSi. The first-order valence-corrected chi connectivity index (χ1v) is 5.38. The lowest BCUT2D eigenvalue weighted by molar-refractivity contribution is 0.897. The number of hydrogen-bond donors (Lipinski definition) is 1. The molecule has 50 valence electrons. The van der Waals surface area contributed by atoms with Crippen LogP contribution in [0.5, 0.6) is 0 Å². The maximum atomic E-state index is 5.79. The predicted molar refractivity (Wildman–Crippen MR) is 42.3 cm³/mol. The third-order valence-corrected chi connectivity index (χ3v) is 4.03. The lowest BCUT2D eigenvalue weighted by Gasteiger charge is -2.03. The number of halogens is 1. The molecular weight excluding hydrogens is 138 g/mol. The summed E-state index contributed by atoms with van der Waals surface area (Å²) in [4.78, 5) is 0. The molecule has 0 aromatic carbocycles. The van der Waals surface area contributed by atoms with Gasteiger partial charge in [-0.05, 0) is 7.05 Å². The highest BCUT2D eigenvalue weighted by molar-refractivity contribution is 6.52. The fraction of sp³-hybridized carbons (Fsp3) is 1.00. The van der Waals surface area contributed by atoms with Crippen LogP contribution in [0.15, 0.2) is 0 Å². The highest BCUT2D eigenvalue weighted by Crippen LogP contribution is 1.93. The molecule has 0 aromatic heterocycles. The predicted octanol–water partition coefficient (Wildman–Crippen LogP) is 0.725. The SMILES string of the molecule is CCC[SiH2]C(Cl)NC. The molecule has 3 heteroatoms. The second-order valence-electron chi connectivity index (χ2n) is 1.90. The largest absolute Gasteiger partial charge is 0.308 e. The van der Waals surface area contributed by atoms with Crippen LogP contribution in [0.4, 0.5) is 0 Å². The molecule has 0 spiro atoms. The van der Waals surface area contributed by atoms with Crippen molar-refractivity contribution in [1.82, 2.24) is 5.32 Å². The van der Waals surface area contributed by atoms with Crippen molar-refractivity contribution in [2.75, 3.05) is 7.05 Å². The number of nitrogens with one attached hydrogen (secondary N) is 1. The Morgan fingerprint density at radius 3 is 2.75 bits per heavy atom. The molecule has 0 amide bonds. The molecule has 0 aliphatic rings. The van der Waals surface area contributed by atoms with Gasteiger partial charge in [0.05, 0.1) is 14.6 Å². The fourth-order valence-corrected chi connectivity index (χ4v) is 2.05. The lowest BCUT2D eigenvalue weighted by Crippen LogP contribution is -2.24. The van der Waals surface area contributed by atoms with Crippen molar-refractivity contribution < 1.29 is 0 Å². The van der Waals surface area contributed by atoms with E-state index in [1.54, 1.807) is 0 Å². The Bertz CT molecular complexity index is 51.7. The Balaban J connectivity index is 2.86. The normalized spacial score (nSPS) is 15.4. The second kappa shape index (κ2) is 5.60. The minimum absolute atomic E-state index is 0.0100. The van der Waals surface area contributed by atoms with Gasteiger partial charge in [-0.25, -0.2) is 0 Å². The van der Waals surface area contributed by atoms with Crippen molar-refractivity contribution in [1.29, 1.82) is 0 Å². The van der Waals surface area contributed by atoms with E-state index >= 15 is 0 Å². The van der Waals surface area contributed by atoms with Crippen LogP contribution >= 0.6 is 11.6 Å². The average Bonchev–Trinajstić information content (AvgIpc) is 1.83. The van der Waals surface area contributed by atoms with Crippen LogP contribution in [0.25, 0.3) is 0 Å². The van der Waals surface area contributed by atoms with Gasteiger partial charge < -0.3 is 5.32 Å². The molecule has 1 unspecified atom stereocenters. The standard InChI is InChI=1S/C5H14ClNSi/c1-3-4-8-5(6)7-2/h5,7H,3-4,8H2,1-2H3. The van der Waals surface area contributed by atoms with E-state index in [0.29, 0.717) is 5.12 Å². The van der Waals surface area contributed by atoms with Crippen LogP contribution in [0.3, 0.4) is 0 Å². The highest BCUT2D eigenvalue weighted by atomic mass is 35.5. The first-order valence-electron chi connectivity index (χ1n) is 3.12. The van der Waals surface area contributed by atoms with Crippen LogP contribution in [-0.4, -0.2) is 21.7 Å². The van der Waals surface area contributed by atoms with E-state index in [4.69, 9.17) is 11.6 Å². The summed E-state index contributed by atoms with van der Waals surface area (Å²) in [5.41, 5.74) is 0. The van der Waals surface area contributed by atoms with Gasteiger partial charge in [0.2, 0.25) is 0 Å². The molecule has 0 rings (SSSR count). The number of hydrogen-bond acceptors (Lipinski definition) is 1. The van der Waals surface area contributed by atoms with Crippen molar-refractivity contribution in [3.8, 4) is 0 Å². The van der Waals surface area contributed by atoms with Gasteiger partial charge in [-0.1, -0.05) is 19.4 Å². The number of rotatable bonds is 4. The molecule has 1 atom stereocenters. The van der Waals surface area contributed by atoms with Crippen LogP contribution in [0.1, 0.15) is 13.3 Å². The van der Waals surface area contributed by atoms with E-state index in [2.05, 4.69) is 12.2 Å². The smallest absolute Gasteiger partial charge is 0.0653 e. The molecule has 0 aliphatic heterocycles. The maximum absolute atomic E-state index is 5.79. The zero-order valence-electron chi connectivity index (χ0n) is 5.58. The molecule has 0 radical (unpaired) electrons. The molecule has 0 aromatic rings. The summed E-state index contributed by atoms with van der Waals surface area (Å²) < 4.78 is 0. The van der Waals surface area contributed by atoms with Crippen LogP contribution in [0.2, 0.25) is 6.04 Å². The zero-order valence-corrected chi connectivity index (χ0v) is 7.75. The van der Waals surface area contributed by atoms with Crippen LogP contribution in [-0.2, 0) is 0 Å². The van der Waals surface area contributed by atoms with Gasteiger partial charge >= 0.3 is 0 Å². The summed E-state index contributed by atoms with van der Waals surface area (Å²) in [7, 11) is 1.91. The van der Waals surface area contributed by atoms with Gasteiger partial charge in [-0.15, -0.1) is 11.6 Å². The van der Waals surface area contributed by atoms with E-state index < -0.39 is 0 Å². The Morgan fingerprint density at radius 2 is 2.38 bits per heavy atom. The number of alkyl halides is 1. The van der Waals surface area contributed by atoms with E-state index in [1.165, 1.54) is 12.5 Å². The Labute approximate surface area is 58.6 Å². The third kappa shape index (κ3) is 4.62. The lowest BCUT2D eigenvalue weighted by atomic mass is 10.6. The third-order valence-electron chi connectivity index (χ3n) is 1.12. The van der Waals surface area contributed by atoms with Gasteiger partial charge in [-0.3, -0.25) is 0 Å². The van der Waals surface area contributed by atoms with Crippen molar-refractivity contribution in [2.24, 2.45) is 0 Å². The second-order valence-corrected chi connectivity index (χ2v) is 5.04. The molecule has 8 heavy (non-hydrogen) atoms. The Hall–Kier alpha value is 0.467. The molecule has 0 saturated heterocycles. The van der Waals surface area contributed by atoms with E-state index in [9.17, 15) is 0 Å². The van der Waals surface area contributed by atoms with E-state index in [1.807, 2.05) is 7.05 Å². The molecule has 1 N–H and O–H groups in total. The monoisotopic (exact) mass is 151 g/mol.